The predicted molar refractivity (Wildman–Crippen MR) is 90.2 cm³/mol. The Kier molecular flexibility index (Phi) is 5.75. The molecule has 0 bridgehead atoms. The average molecular weight is 331 g/mol. The van der Waals surface area contributed by atoms with E-state index >= 15 is 0 Å². The van der Waals surface area contributed by atoms with Gasteiger partial charge in [0.05, 0.1) is 12.5 Å². The van der Waals surface area contributed by atoms with Crippen molar-refractivity contribution in [3.8, 4) is 0 Å². The molecule has 2 heterocycles. The molecule has 0 saturated heterocycles. The van der Waals surface area contributed by atoms with E-state index in [-0.39, 0.29) is 5.91 Å². The first-order valence-electron chi connectivity index (χ1n) is 8.88. The quantitative estimate of drug-likeness (QED) is 0.817. The average Bonchev–Trinajstić information content (AvgIpc) is 3.23. The van der Waals surface area contributed by atoms with Crippen LogP contribution in [0.4, 0.5) is 0 Å². The van der Waals surface area contributed by atoms with Gasteiger partial charge in [0.15, 0.2) is 18.1 Å². The fraction of sp³-hybridized carbons (Fsp3) is 0.526. The van der Waals surface area contributed by atoms with E-state index < -0.39 is 0 Å². The highest BCUT2D eigenvalue weighted by atomic mass is 16.3. The number of carbonyl (C=O) groups is 1. The van der Waals surface area contributed by atoms with Crippen LogP contribution in [0.25, 0.3) is 0 Å². The maximum Gasteiger partial charge on any atom is 0.275 e. The van der Waals surface area contributed by atoms with Gasteiger partial charge in [-0.2, -0.15) is 0 Å². The van der Waals surface area contributed by atoms with Gasteiger partial charge in [-0.1, -0.05) is 19.8 Å². The van der Waals surface area contributed by atoms with Crippen LogP contribution in [0.3, 0.4) is 0 Å². The van der Waals surface area contributed by atoms with Gasteiger partial charge in [-0.05, 0) is 43.0 Å². The summed E-state index contributed by atoms with van der Waals surface area (Å²) in [7, 11) is 0. The summed E-state index contributed by atoms with van der Waals surface area (Å²) in [4.78, 5) is 13.6. The van der Waals surface area contributed by atoms with Gasteiger partial charge in [-0.15, -0.1) is 0 Å². The molecule has 5 nitrogen and oxygen atoms in total. The molecule has 1 amide bonds. The predicted octanol–water partition coefficient (Wildman–Crippen LogP) is 2.15. The second kappa shape index (κ2) is 8.20. The van der Waals surface area contributed by atoms with Gasteiger partial charge in [0, 0.05) is 6.04 Å². The van der Waals surface area contributed by atoms with Crippen LogP contribution >= 0.6 is 0 Å². The smallest absolute Gasteiger partial charge is 0.275 e. The largest absolute Gasteiger partial charge is 0.463 e. The lowest BCUT2D eigenvalue weighted by Gasteiger charge is -2.29. The topological polar surface area (TPSA) is 59.8 Å². The summed E-state index contributed by atoms with van der Waals surface area (Å²) in [5, 5.41) is 3.24. The normalized spacial score (nSPS) is 21.1. The van der Waals surface area contributed by atoms with Crippen LogP contribution in [0.5, 0.6) is 0 Å². The summed E-state index contributed by atoms with van der Waals surface area (Å²) >= 11 is 0. The molecule has 3 rings (SSSR count). The van der Waals surface area contributed by atoms with Crippen molar-refractivity contribution in [2.75, 3.05) is 6.54 Å². The number of nitrogens with one attached hydrogen (secondary N) is 2. The fourth-order valence-corrected chi connectivity index (χ4v) is 3.52. The van der Waals surface area contributed by atoms with Crippen LogP contribution in [0.1, 0.15) is 44.1 Å². The van der Waals surface area contributed by atoms with Crippen molar-refractivity contribution in [1.82, 2.24) is 5.32 Å². The summed E-state index contributed by atoms with van der Waals surface area (Å²) < 4.78 is 10.9. The Balaban J connectivity index is 1.58. The first-order valence-corrected chi connectivity index (χ1v) is 8.88. The summed E-state index contributed by atoms with van der Waals surface area (Å²) in [6, 6.07) is 7.97. The molecular formula is C19H27N2O3+. The van der Waals surface area contributed by atoms with Crippen LogP contribution in [0.2, 0.25) is 0 Å². The van der Waals surface area contributed by atoms with Gasteiger partial charge in [0.25, 0.3) is 5.91 Å². The molecule has 0 aliphatic heterocycles. The number of amides is 1. The van der Waals surface area contributed by atoms with E-state index in [1.807, 2.05) is 24.3 Å². The van der Waals surface area contributed by atoms with E-state index in [1.165, 1.54) is 19.3 Å². The zero-order valence-corrected chi connectivity index (χ0v) is 14.3. The highest BCUT2D eigenvalue weighted by molar-refractivity contribution is 5.77. The third-order valence-electron chi connectivity index (χ3n) is 4.88. The number of hydrogen-bond acceptors (Lipinski definition) is 3. The molecule has 24 heavy (non-hydrogen) atoms. The van der Waals surface area contributed by atoms with Crippen molar-refractivity contribution < 1.29 is 18.5 Å². The molecule has 0 unspecified atom stereocenters. The van der Waals surface area contributed by atoms with Gasteiger partial charge in [0.1, 0.15) is 13.1 Å². The molecule has 130 valence electrons. The SMILES string of the molecule is C[C@@H]1CCCC[C@H]1NC(=O)C[NH+](Cc1ccco1)Cc1ccco1. The Hall–Kier alpha value is -2.01. The van der Waals surface area contributed by atoms with Crippen molar-refractivity contribution >= 4 is 5.91 Å². The van der Waals surface area contributed by atoms with Crippen molar-refractivity contribution in [2.24, 2.45) is 5.92 Å². The van der Waals surface area contributed by atoms with Crippen LogP contribution in [0.15, 0.2) is 45.6 Å². The zero-order chi connectivity index (χ0) is 16.8. The lowest BCUT2D eigenvalue weighted by atomic mass is 9.86. The number of rotatable bonds is 7. The van der Waals surface area contributed by atoms with Crippen LogP contribution in [-0.2, 0) is 17.9 Å². The van der Waals surface area contributed by atoms with Crippen LogP contribution < -0.4 is 10.2 Å². The Morgan fingerprint density at radius 1 is 1.12 bits per heavy atom. The second-order valence-corrected chi connectivity index (χ2v) is 6.87. The third-order valence-corrected chi connectivity index (χ3v) is 4.88. The van der Waals surface area contributed by atoms with Crippen molar-refractivity contribution in [2.45, 2.75) is 51.7 Å². The fourth-order valence-electron chi connectivity index (χ4n) is 3.52. The first kappa shape index (κ1) is 16.8. The van der Waals surface area contributed by atoms with Gasteiger partial charge in [0.2, 0.25) is 0 Å². The maximum atomic E-state index is 12.5. The minimum absolute atomic E-state index is 0.113. The second-order valence-electron chi connectivity index (χ2n) is 6.87. The van der Waals surface area contributed by atoms with Gasteiger partial charge in [-0.25, -0.2) is 0 Å². The molecule has 1 saturated carbocycles. The van der Waals surface area contributed by atoms with Crippen molar-refractivity contribution in [1.29, 1.82) is 0 Å². The Morgan fingerprint density at radius 3 is 2.29 bits per heavy atom. The zero-order valence-electron chi connectivity index (χ0n) is 14.3. The summed E-state index contributed by atoms with van der Waals surface area (Å²) in [6.45, 7) is 3.99. The molecular weight excluding hydrogens is 304 g/mol. The van der Waals surface area contributed by atoms with Crippen molar-refractivity contribution in [3.05, 3.63) is 48.3 Å². The Morgan fingerprint density at radius 2 is 1.75 bits per heavy atom. The molecule has 1 aliphatic rings. The minimum Gasteiger partial charge on any atom is -0.463 e. The van der Waals surface area contributed by atoms with E-state index in [1.54, 1.807) is 12.5 Å². The summed E-state index contributed by atoms with van der Waals surface area (Å²) in [5.41, 5.74) is 0. The standard InChI is InChI=1S/C19H26N2O3/c1-15-6-2-3-9-18(15)20-19(22)14-21(12-16-7-4-10-23-16)13-17-8-5-11-24-17/h4-5,7-8,10-11,15,18H,2-3,6,9,12-14H2,1H3,(H,20,22)/p+1/t15-,18-/m1/s1. The molecule has 1 fully saturated rings. The monoisotopic (exact) mass is 331 g/mol. The van der Waals surface area contributed by atoms with E-state index in [4.69, 9.17) is 8.83 Å². The lowest BCUT2D eigenvalue weighted by molar-refractivity contribution is -0.921. The molecule has 2 aromatic heterocycles. The molecule has 0 aromatic carbocycles. The molecule has 0 spiro atoms. The van der Waals surface area contributed by atoms with Crippen LogP contribution in [0, 0.1) is 5.92 Å². The highest BCUT2D eigenvalue weighted by Gasteiger charge is 2.25. The highest BCUT2D eigenvalue weighted by Crippen LogP contribution is 2.23. The number of quaternary nitrogens is 1. The Labute approximate surface area is 143 Å². The molecule has 1 aliphatic carbocycles. The molecule has 2 N–H and O–H groups in total. The van der Waals surface area contributed by atoms with E-state index in [2.05, 4.69) is 12.2 Å². The molecule has 0 radical (unpaired) electrons. The van der Waals surface area contributed by atoms with Gasteiger partial charge in [-0.3, -0.25) is 4.79 Å². The summed E-state index contributed by atoms with van der Waals surface area (Å²) in [6.07, 6.45) is 8.14. The third kappa shape index (κ3) is 4.74. The van der Waals surface area contributed by atoms with Crippen LogP contribution in [-0.4, -0.2) is 18.5 Å². The van der Waals surface area contributed by atoms with E-state index in [9.17, 15) is 4.79 Å². The molecule has 2 aromatic rings. The van der Waals surface area contributed by atoms with E-state index in [0.717, 1.165) is 22.8 Å². The van der Waals surface area contributed by atoms with E-state index in [0.29, 0.717) is 31.6 Å². The number of hydrogen-bond donors (Lipinski definition) is 2. The molecule has 2 atom stereocenters. The van der Waals surface area contributed by atoms with Gasteiger partial charge >= 0.3 is 0 Å². The number of carbonyl (C=O) groups excluding carboxylic acids is 1. The lowest BCUT2D eigenvalue weighted by Crippen LogP contribution is -3.10. The Bertz CT molecular complexity index is 570. The molecule has 5 heteroatoms. The number of furan rings is 2. The maximum absolute atomic E-state index is 12.5. The van der Waals surface area contributed by atoms with Crippen molar-refractivity contribution in [3.63, 3.8) is 0 Å². The van der Waals surface area contributed by atoms with Gasteiger partial charge < -0.3 is 19.1 Å². The first-order chi connectivity index (χ1) is 11.7. The summed E-state index contributed by atoms with van der Waals surface area (Å²) in [5.74, 6) is 2.45. The minimum atomic E-state index is 0.113.